The molecule has 184 valence electrons. The third-order valence-corrected chi connectivity index (χ3v) is 6.05. The van der Waals surface area contributed by atoms with Gasteiger partial charge in [-0.25, -0.2) is 5.43 Å². The van der Waals surface area contributed by atoms with Crippen molar-refractivity contribution in [3.05, 3.63) is 78.4 Å². The lowest BCUT2D eigenvalue weighted by Gasteiger charge is -2.12. The summed E-state index contributed by atoms with van der Waals surface area (Å²) in [6.45, 7) is 0. The third kappa shape index (κ3) is 5.84. The Morgan fingerprint density at radius 2 is 1.75 bits per heavy atom. The first-order chi connectivity index (χ1) is 17.6. The zero-order valence-electron chi connectivity index (χ0n) is 20.0. The van der Waals surface area contributed by atoms with E-state index >= 15 is 0 Å². The summed E-state index contributed by atoms with van der Waals surface area (Å²) in [5.41, 5.74) is 5.02. The maximum atomic E-state index is 12.5. The van der Waals surface area contributed by atoms with Crippen molar-refractivity contribution in [1.82, 2.24) is 20.2 Å². The molecule has 1 amide bonds. The van der Waals surface area contributed by atoms with Gasteiger partial charge in [0.15, 0.2) is 22.5 Å². The van der Waals surface area contributed by atoms with E-state index < -0.39 is 0 Å². The van der Waals surface area contributed by atoms with E-state index in [1.165, 1.54) is 11.8 Å². The SMILES string of the molecule is COc1cccc(C=NNC(=O)CSc2nnc(-c3ccc(OC)c(OC)c3)n2-c2ccccc2)c1. The van der Waals surface area contributed by atoms with Crippen LogP contribution >= 0.6 is 11.8 Å². The Balaban J connectivity index is 1.52. The van der Waals surface area contributed by atoms with Crippen molar-refractivity contribution in [3.63, 3.8) is 0 Å². The first-order valence-corrected chi connectivity index (χ1v) is 11.9. The molecule has 9 nitrogen and oxygen atoms in total. The molecular formula is C26H25N5O4S. The van der Waals surface area contributed by atoms with Crippen LogP contribution in [0.15, 0.2) is 83.1 Å². The fourth-order valence-corrected chi connectivity index (χ4v) is 4.14. The fraction of sp³-hybridized carbons (Fsp3) is 0.154. The number of hydrogen-bond donors (Lipinski definition) is 1. The van der Waals surface area contributed by atoms with Crippen LogP contribution < -0.4 is 19.6 Å². The molecule has 0 unspecified atom stereocenters. The molecule has 0 saturated carbocycles. The van der Waals surface area contributed by atoms with Crippen LogP contribution in [0, 0.1) is 0 Å². The van der Waals surface area contributed by atoms with Crippen LogP contribution in [-0.2, 0) is 4.79 Å². The summed E-state index contributed by atoms with van der Waals surface area (Å²) in [6.07, 6.45) is 1.56. The van der Waals surface area contributed by atoms with Gasteiger partial charge in [0.1, 0.15) is 5.75 Å². The van der Waals surface area contributed by atoms with E-state index in [4.69, 9.17) is 14.2 Å². The average molecular weight is 504 g/mol. The molecule has 0 aliphatic rings. The normalized spacial score (nSPS) is 10.9. The van der Waals surface area contributed by atoms with Gasteiger partial charge in [-0.15, -0.1) is 10.2 Å². The minimum atomic E-state index is -0.269. The Bertz CT molecular complexity index is 1360. The number of methoxy groups -OCH3 is 3. The summed E-state index contributed by atoms with van der Waals surface area (Å²) < 4.78 is 17.9. The van der Waals surface area contributed by atoms with Gasteiger partial charge in [0, 0.05) is 11.3 Å². The van der Waals surface area contributed by atoms with Gasteiger partial charge in [-0.2, -0.15) is 5.10 Å². The molecule has 0 aliphatic heterocycles. The van der Waals surface area contributed by atoms with Gasteiger partial charge in [0.05, 0.1) is 33.3 Å². The predicted octanol–water partition coefficient (Wildman–Crippen LogP) is 4.20. The molecule has 0 fully saturated rings. The molecule has 36 heavy (non-hydrogen) atoms. The van der Waals surface area contributed by atoms with Crippen LogP contribution in [0.5, 0.6) is 17.2 Å². The number of amides is 1. The Kier molecular flexibility index (Phi) is 8.20. The van der Waals surface area contributed by atoms with Crippen LogP contribution in [0.1, 0.15) is 5.56 Å². The van der Waals surface area contributed by atoms with Gasteiger partial charge < -0.3 is 14.2 Å². The van der Waals surface area contributed by atoms with E-state index in [1.807, 2.05) is 77.4 Å². The monoisotopic (exact) mass is 503 g/mol. The van der Waals surface area contributed by atoms with Crippen molar-refractivity contribution in [2.24, 2.45) is 5.10 Å². The molecule has 0 bridgehead atoms. The maximum absolute atomic E-state index is 12.5. The minimum Gasteiger partial charge on any atom is -0.497 e. The lowest BCUT2D eigenvalue weighted by molar-refractivity contribution is -0.118. The first-order valence-electron chi connectivity index (χ1n) is 10.9. The minimum absolute atomic E-state index is 0.104. The zero-order chi connectivity index (χ0) is 25.3. The predicted molar refractivity (Wildman–Crippen MR) is 139 cm³/mol. The second-order valence-electron chi connectivity index (χ2n) is 7.41. The average Bonchev–Trinajstić information content (AvgIpc) is 3.36. The number of hydrazone groups is 1. The molecule has 3 aromatic carbocycles. The van der Waals surface area contributed by atoms with Crippen molar-refractivity contribution in [3.8, 4) is 34.3 Å². The molecule has 4 rings (SSSR count). The van der Waals surface area contributed by atoms with Gasteiger partial charge >= 0.3 is 0 Å². The molecule has 0 aliphatic carbocycles. The lowest BCUT2D eigenvalue weighted by Crippen LogP contribution is -2.20. The largest absolute Gasteiger partial charge is 0.497 e. The number of hydrogen-bond acceptors (Lipinski definition) is 8. The highest BCUT2D eigenvalue weighted by Gasteiger charge is 2.18. The molecule has 0 radical (unpaired) electrons. The van der Waals surface area contributed by atoms with E-state index in [9.17, 15) is 4.79 Å². The van der Waals surface area contributed by atoms with E-state index in [2.05, 4.69) is 20.7 Å². The molecule has 10 heteroatoms. The number of rotatable bonds is 10. The molecule has 0 saturated heterocycles. The summed E-state index contributed by atoms with van der Waals surface area (Å²) >= 11 is 1.26. The van der Waals surface area contributed by atoms with Gasteiger partial charge in [0.25, 0.3) is 5.91 Å². The third-order valence-electron chi connectivity index (χ3n) is 5.12. The van der Waals surface area contributed by atoms with Gasteiger partial charge in [0.2, 0.25) is 0 Å². The number of thioether (sulfide) groups is 1. The molecule has 1 N–H and O–H groups in total. The lowest BCUT2D eigenvalue weighted by atomic mass is 10.2. The summed E-state index contributed by atoms with van der Waals surface area (Å²) in [6, 6.07) is 22.6. The molecule has 4 aromatic rings. The fourth-order valence-electron chi connectivity index (χ4n) is 3.40. The van der Waals surface area contributed by atoms with Crippen LogP contribution in [0.4, 0.5) is 0 Å². The van der Waals surface area contributed by atoms with Crippen LogP contribution in [0.2, 0.25) is 0 Å². The number of carbonyl (C=O) groups is 1. The number of ether oxygens (including phenoxy) is 3. The topological polar surface area (TPSA) is 99.9 Å². The van der Waals surface area contributed by atoms with E-state index in [0.717, 1.165) is 16.8 Å². The quantitative estimate of drug-likeness (QED) is 0.197. The van der Waals surface area contributed by atoms with Crippen LogP contribution in [-0.4, -0.2) is 54.0 Å². The zero-order valence-corrected chi connectivity index (χ0v) is 20.9. The molecule has 0 atom stereocenters. The van der Waals surface area contributed by atoms with Crippen LogP contribution in [0.25, 0.3) is 17.1 Å². The van der Waals surface area contributed by atoms with Gasteiger partial charge in [-0.3, -0.25) is 9.36 Å². The molecule has 1 aromatic heterocycles. The number of nitrogens with one attached hydrogen (secondary N) is 1. The number of nitrogens with zero attached hydrogens (tertiary/aromatic N) is 4. The van der Waals surface area contributed by atoms with E-state index in [-0.39, 0.29) is 11.7 Å². The second kappa shape index (κ2) is 11.9. The highest BCUT2D eigenvalue weighted by molar-refractivity contribution is 7.99. The van der Waals surface area contributed by atoms with E-state index in [1.54, 1.807) is 27.5 Å². The van der Waals surface area contributed by atoms with Crippen molar-refractivity contribution >= 4 is 23.9 Å². The summed E-state index contributed by atoms with van der Waals surface area (Å²) in [5.74, 6) is 2.36. The Labute approximate surface area is 213 Å². The highest BCUT2D eigenvalue weighted by Crippen LogP contribution is 2.34. The first kappa shape index (κ1) is 24.8. The Morgan fingerprint density at radius 3 is 2.50 bits per heavy atom. The summed E-state index contributed by atoms with van der Waals surface area (Å²) in [5, 5.41) is 13.4. The van der Waals surface area contributed by atoms with Crippen LogP contribution in [0.3, 0.4) is 0 Å². The van der Waals surface area contributed by atoms with Crippen molar-refractivity contribution in [2.75, 3.05) is 27.1 Å². The number of benzene rings is 3. The van der Waals surface area contributed by atoms with Crippen molar-refractivity contribution in [1.29, 1.82) is 0 Å². The summed E-state index contributed by atoms with van der Waals surface area (Å²) in [4.78, 5) is 12.5. The van der Waals surface area contributed by atoms with Crippen molar-refractivity contribution in [2.45, 2.75) is 5.16 Å². The molecule has 1 heterocycles. The van der Waals surface area contributed by atoms with Crippen molar-refractivity contribution < 1.29 is 19.0 Å². The number of carbonyl (C=O) groups excluding carboxylic acids is 1. The molecular weight excluding hydrogens is 478 g/mol. The summed E-state index contributed by atoms with van der Waals surface area (Å²) in [7, 11) is 4.77. The Hall–Kier alpha value is -4.31. The number of aromatic nitrogens is 3. The second-order valence-corrected chi connectivity index (χ2v) is 8.35. The van der Waals surface area contributed by atoms with Gasteiger partial charge in [-0.1, -0.05) is 42.1 Å². The van der Waals surface area contributed by atoms with Gasteiger partial charge in [-0.05, 0) is 48.0 Å². The highest BCUT2D eigenvalue weighted by atomic mass is 32.2. The standard InChI is InChI=1S/C26H25N5O4S/c1-33-21-11-7-8-18(14-21)16-27-28-24(32)17-36-26-30-29-25(31(26)20-9-5-4-6-10-20)19-12-13-22(34-2)23(15-19)35-3/h4-16H,17H2,1-3H3,(H,28,32). The maximum Gasteiger partial charge on any atom is 0.250 e. The smallest absolute Gasteiger partial charge is 0.250 e. The van der Waals surface area contributed by atoms with E-state index in [0.29, 0.717) is 28.2 Å². The Morgan fingerprint density at radius 1 is 0.944 bits per heavy atom. The molecule has 0 spiro atoms. The number of para-hydroxylation sites is 1.